The van der Waals surface area contributed by atoms with Crippen LogP contribution in [0.5, 0.6) is 5.75 Å². The molecule has 0 N–H and O–H groups in total. The number of hydrogen-bond acceptors (Lipinski definition) is 6. The summed E-state index contributed by atoms with van der Waals surface area (Å²) in [5.41, 5.74) is 0.962. The van der Waals surface area contributed by atoms with E-state index in [0.29, 0.717) is 13.1 Å². The highest BCUT2D eigenvalue weighted by atomic mass is 16.5. The lowest BCUT2D eigenvalue weighted by Gasteiger charge is -2.16. The van der Waals surface area contributed by atoms with E-state index in [1.165, 1.54) is 13.2 Å². The highest BCUT2D eigenvalue weighted by Crippen LogP contribution is 2.30. The lowest BCUT2D eigenvalue weighted by atomic mass is 9.92. The van der Waals surface area contributed by atoms with Crippen LogP contribution in [-0.2, 0) is 30.4 Å². The molecular formula is C20H25NO6. The number of amides is 1. The Balaban J connectivity index is 2.11. The van der Waals surface area contributed by atoms with Crippen molar-refractivity contribution in [1.82, 2.24) is 4.90 Å². The summed E-state index contributed by atoms with van der Waals surface area (Å²) in [6.07, 6.45) is 2.95. The number of nitrogens with zero attached hydrogens (tertiary/aromatic N) is 1. The van der Waals surface area contributed by atoms with Crippen LogP contribution in [0.25, 0.3) is 0 Å². The highest BCUT2D eigenvalue weighted by molar-refractivity contribution is 5.86. The quantitative estimate of drug-likeness (QED) is 0.512. The predicted molar refractivity (Wildman–Crippen MR) is 97.5 cm³/mol. The molecule has 27 heavy (non-hydrogen) atoms. The van der Waals surface area contributed by atoms with Crippen LogP contribution in [0, 0.1) is 11.8 Å². The Morgan fingerprint density at radius 3 is 2.56 bits per heavy atom. The number of hydrogen-bond donors (Lipinski definition) is 0. The largest absolute Gasteiger partial charge is 0.497 e. The Kier molecular flexibility index (Phi) is 7.40. The molecule has 1 aliphatic rings. The fraction of sp³-hybridized carbons (Fsp3) is 0.450. The summed E-state index contributed by atoms with van der Waals surface area (Å²) in [5.74, 6) is -0.987. The maximum absolute atomic E-state index is 12.8. The van der Waals surface area contributed by atoms with Crippen LogP contribution in [0.15, 0.2) is 36.6 Å². The topological polar surface area (TPSA) is 82.1 Å². The summed E-state index contributed by atoms with van der Waals surface area (Å²) in [4.78, 5) is 37.4. The monoisotopic (exact) mass is 375 g/mol. The zero-order valence-electron chi connectivity index (χ0n) is 15.8. The first-order valence-electron chi connectivity index (χ1n) is 8.85. The van der Waals surface area contributed by atoms with Gasteiger partial charge < -0.3 is 19.1 Å². The van der Waals surface area contributed by atoms with Gasteiger partial charge in [-0.05, 0) is 30.7 Å². The van der Waals surface area contributed by atoms with E-state index in [1.54, 1.807) is 25.0 Å². The van der Waals surface area contributed by atoms with Gasteiger partial charge in [-0.3, -0.25) is 14.4 Å². The first-order valence-corrected chi connectivity index (χ1v) is 8.85. The van der Waals surface area contributed by atoms with Crippen molar-refractivity contribution in [3.63, 3.8) is 0 Å². The minimum Gasteiger partial charge on any atom is -0.497 e. The second-order valence-electron chi connectivity index (χ2n) is 6.28. The van der Waals surface area contributed by atoms with Gasteiger partial charge in [0.05, 0.1) is 32.3 Å². The molecule has 146 valence electrons. The summed E-state index contributed by atoms with van der Waals surface area (Å²) < 4.78 is 15.0. The van der Waals surface area contributed by atoms with Crippen molar-refractivity contribution in [2.24, 2.45) is 11.8 Å². The molecule has 1 amide bonds. The zero-order chi connectivity index (χ0) is 19.8. The third-order valence-corrected chi connectivity index (χ3v) is 4.36. The van der Waals surface area contributed by atoms with Gasteiger partial charge in [-0.1, -0.05) is 12.1 Å². The van der Waals surface area contributed by atoms with Gasteiger partial charge in [-0.15, -0.1) is 0 Å². The minimum atomic E-state index is -0.533. The molecule has 0 radical (unpaired) electrons. The molecule has 0 saturated carbocycles. The Morgan fingerprint density at radius 1 is 1.26 bits per heavy atom. The lowest BCUT2D eigenvalue weighted by molar-refractivity contribution is -0.147. The smallest absolute Gasteiger partial charge is 0.307 e. The van der Waals surface area contributed by atoms with Gasteiger partial charge in [0, 0.05) is 25.9 Å². The van der Waals surface area contributed by atoms with Crippen molar-refractivity contribution in [2.75, 3.05) is 20.3 Å². The average molecular weight is 375 g/mol. The summed E-state index contributed by atoms with van der Waals surface area (Å²) in [5, 5.41) is 0. The molecule has 1 heterocycles. The lowest BCUT2D eigenvalue weighted by Crippen LogP contribution is -2.28. The molecule has 0 unspecified atom stereocenters. The Bertz CT molecular complexity index is 697. The van der Waals surface area contributed by atoms with Gasteiger partial charge >= 0.3 is 11.9 Å². The average Bonchev–Trinajstić information content (AvgIpc) is 2.91. The number of ether oxygens (including phenoxy) is 3. The molecule has 0 aliphatic carbocycles. The molecule has 1 aromatic rings. The number of methoxy groups -OCH3 is 1. The molecule has 0 spiro atoms. The zero-order valence-corrected chi connectivity index (χ0v) is 15.8. The van der Waals surface area contributed by atoms with Crippen molar-refractivity contribution in [2.45, 2.75) is 26.8 Å². The van der Waals surface area contributed by atoms with E-state index in [1.807, 2.05) is 24.3 Å². The van der Waals surface area contributed by atoms with E-state index in [0.717, 1.165) is 11.3 Å². The molecule has 7 heteroatoms. The van der Waals surface area contributed by atoms with Gasteiger partial charge in [-0.25, -0.2) is 0 Å². The fourth-order valence-corrected chi connectivity index (χ4v) is 3.05. The first kappa shape index (κ1) is 20.5. The van der Waals surface area contributed by atoms with Crippen LogP contribution >= 0.6 is 0 Å². The van der Waals surface area contributed by atoms with Gasteiger partial charge in [-0.2, -0.15) is 0 Å². The highest BCUT2D eigenvalue weighted by Gasteiger charge is 2.40. The van der Waals surface area contributed by atoms with Crippen molar-refractivity contribution >= 4 is 17.8 Å². The third kappa shape index (κ3) is 5.84. The standard InChI is InChI=1S/C20H25NO6/c1-4-26-19(23)11-18-16(9-10-27-14(2)22)13-21(20(18)24)12-15-5-7-17(25-3)8-6-15/h5-10,16,18H,4,11-13H2,1-3H3/b10-9+/t16-,18-/m0/s1. The first-order chi connectivity index (χ1) is 12.9. The van der Waals surface area contributed by atoms with Gasteiger partial charge in [0.25, 0.3) is 0 Å². The number of benzene rings is 1. The van der Waals surface area contributed by atoms with Crippen molar-refractivity contribution in [3.8, 4) is 5.75 Å². The maximum Gasteiger partial charge on any atom is 0.307 e. The van der Waals surface area contributed by atoms with Gasteiger partial charge in [0.15, 0.2) is 0 Å². The Hall–Kier alpha value is -2.83. The normalized spacial score (nSPS) is 19.4. The Labute approximate surface area is 158 Å². The van der Waals surface area contributed by atoms with Crippen LogP contribution in [0.1, 0.15) is 25.8 Å². The van der Waals surface area contributed by atoms with E-state index in [2.05, 4.69) is 0 Å². The van der Waals surface area contributed by atoms with Gasteiger partial charge in [0.2, 0.25) is 5.91 Å². The van der Waals surface area contributed by atoms with E-state index in [-0.39, 0.29) is 24.9 Å². The molecule has 2 atom stereocenters. The molecule has 1 aliphatic heterocycles. The number of esters is 2. The molecule has 1 saturated heterocycles. The second-order valence-corrected chi connectivity index (χ2v) is 6.28. The van der Waals surface area contributed by atoms with Crippen LogP contribution in [-0.4, -0.2) is 43.0 Å². The van der Waals surface area contributed by atoms with E-state index in [4.69, 9.17) is 14.2 Å². The summed E-state index contributed by atoms with van der Waals surface area (Å²) in [6, 6.07) is 7.47. The molecule has 1 aromatic carbocycles. The van der Waals surface area contributed by atoms with E-state index >= 15 is 0 Å². The molecule has 2 rings (SSSR count). The predicted octanol–water partition coefficient (Wildman–Crippen LogP) is 2.30. The molecule has 0 aromatic heterocycles. The maximum atomic E-state index is 12.8. The fourth-order valence-electron chi connectivity index (χ4n) is 3.05. The molecule has 0 bridgehead atoms. The second kappa shape index (κ2) is 9.75. The Morgan fingerprint density at radius 2 is 1.96 bits per heavy atom. The van der Waals surface area contributed by atoms with E-state index < -0.39 is 17.9 Å². The van der Waals surface area contributed by atoms with Crippen molar-refractivity contribution < 1.29 is 28.6 Å². The summed E-state index contributed by atoms with van der Waals surface area (Å²) in [6.45, 7) is 4.16. The number of rotatable bonds is 8. The SMILES string of the molecule is CCOC(=O)C[C@@H]1C(=O)N(Cc2ccc(OC)cc2)C[C@@H]1/C=C/OC(C)=O. The van der Waals surface area contributed by atoms with Crippen LogP contribution in [0.2, 0.25) is 0 Å². The van der Waals surface area contributed by atoms with Crippen molar-refractivity contribution in [3.05, 3.63) is 42.2 Å². The van der Waals surface area contributed by atoms with Crippen molar-refractivity contribution in [1.29, 1.82) is 0 Å². The summed E-state index contributed by atoms with van der Waals surface area (Å²) in [7, 11) is 1.60. The molecule has 7 nitrogen and oxygen atoms in total. The minimum absolute atomic E-state index is 0.000857. The van der Waals surface area contributed by atoms with Crippen LogP contribution < -0.4 is 4.74 Å². The number of carbonyl (C=O) groups excluding carboxylic acids is 3. The summed E-state index contributed by atoms with van der Waals surface area (Å²) >= 11 is 0. The van der Waals surface area contributed by atoms with E-state index in [9.17, 15) is 14.4 Å². The number of carbonyl (C=O) groups is 3. The number of likely N-dealkylation sites (tertiary alicyclic amines) is 1. The van der Waals surface area contributed by atoms with Gasteiger partial charge in [0.1, 0.15) is 5.75 Å². The third-order valence-electron chi connectivity index (χ3n) is 4.36. The molecular weight excluding hydrogens is 350 g/mol. The molecule has 1 fully saturated rings. The van der Waals surface area contributed by atoms with Crippen LogP contribution in [0.4, 0.5) is 0 Å². The van der Waals surface area contributed by atoms with Crippen LogP contribution in [0.3, 0.4) is 0 Å².